The maximum Gasteiger partial charge on any atom is 0.243 e. The zero-order valence-corrected chi connectivity index (χ0v) is 19.3. The van der Waals surface area contributed by atoms with Gasteiger partial charge in [0.2, 0.25) is 12.3 Å². The average Bonchev–Trinajstić information content (AvgIpc) is 3.20. The number of thiazole rings is 1. The first-order chi connectivity index (χ1) is 15.0. The standard InChI is InChI=1S/C23H29ClN4O2S/c1-15(26-19-8-4-7-17(24)12-19)23-25-13-21(31-23)28(14-29)20(11-16-5-2-3-6-16)22(30)27-18-9-10-18/h4,7-8,12-16,18,20,26H,2-3,5-6,9-11H2,1H3,(H,27,30)/t15-,20+/m1/s1. The van der Waals surface area contributed by atoms with Crippen molar-refractivity contribution in [3.63, 3.8) is 0 Å². The third-order valence-electron chi connectivity index (χ3n) is 6.05. The summed E-state index contributed by atoms with van der Waals surface area (Å²) in [5, 5.41) is 8.72. The third-order valence-corrected chi connectivity index (χ3v) is 7.48. The molecule has 166 valence electrons. The Balaban J connectivity index is 1.49. The van der Waals surface area contributed by atoms with Gasteiger partial charge in [-0.25, -0.2) is 4.98 Å². The molecule has 0 spiro atoms. The zero-order valence-electron chi connectivity index (χ0n) is 17.7. The molecule has 31 heavy (non-hydrogen) atoms. The smallest absolute Gasteiger partial charge is 0.243 e. The topological polar surface area (TPSA) is 74.3 Å². The van der Waals surface area contributed by atoms with Gasteiger partial charge in [-0.3, -0.25) is 14.5 Å². The molecule has 2 atom stereocenters. The number of amides is 2. The first-order valence-corrected chi connectivity index (χ1v) is 12.2. The van der Waals surface area contributed by atoms with E-state index in [2.05, 4.69) is 15.6 Å². The molecule has 2 aromatic rings. The molecule has 0 radical (unpaired) electrons. The molecule has 1 heterocycles. The van der Waals surface area contributed by atoms with Crippen molar-refractivity contribution < 1.29 is 9.59 Å². The van der Waals surface area contributed by atoms with Crippen LogP contribution in [0.1, 0.15) is 62.9 Å². The van der Waals surface area contributed by atoms with Crippen LogP contribution in [0.5, 0.6) is 0 Å². The maximum atomic E-state index is 13.0. The maximum absolute atomic E-state index is 13.0. The lowest BCUT2D eigenvalue weighted by Gasteiger charge is -2.28. The van der Waals surface area contributed by atoms with Crippen LogP contribution in [0.15, 0.2) is 30.5 Å². The molecule has 2 amide bonds. The number of aromatic nitrogens is 1. The van der Waals surface area contributed by atoms with Crippen LogP contribution in [-0.4, -0.2) is 29.4 Å². The molecular formula is C23H29ClN4O2S. The molecule has 0 bridgehead atoms. The van der Waals surface area contributed by atoms with E-state index < -0.39 is 6.04 Å². The number of halogens is 1. The second-order valence-electron chi connectivity index (χ2n) is 8.61. The molecule has 2 saturated carbocycles. The van der Waals surface area contributed by atoms with Crippen molar-refractivity contribution in [3.05, 3.63) is 40.5 Å². The van der Waals surface area contributed by atoms with E-state index in [4.69, 9.17) is 11.6 Å². The monoisotopic (exact) mass is 460 g/mol. The van der Waals surface area contributed by atoms with Crippen LogP contribution in [0.3, 0.4) is 0 Å². The van der Waals surface area contributed by atoms with Crippen LogP contribution in [0.2, 0.25) is 5.02 Å². The van der Waals surface area contributed by atoms with Crippen LogP contribution in [0.25, 0.3) is 0 Å². The lowest BCUT2D eigenvalue weighted by Crippen LogP contribution is -2.48. The normalized spacial score (nSPS) is 18.4. The molecule has 4 rings (SSSR count). The van der Waals surface area contributed by atoms with E-state index >= 15 is 0 Å². The van der Waals surface area contributed by atoms with E-state index in [9.17, 15) is 9.59 Å². The van der Waals surface area contributed by atoms with Crippen molar-refractivity contribution in [1.29, 1.82) is 0 Å². The Morgan fingerprint density at radius 1 is 1.32 bits per heavy atom. The Bertz CT molecular complexity index is 910. The summed E-state index contributed by atoms with van der Waals surface area (Å²) in [7, 11) is 0. The van der Waals surface area contributed by atoms with E-state index in [0.29, 0.717) is 22.4 Å². The highest BCUT2D eigenvalue weighted by atomic mass is 35.5. The SMILES string of the molecule is C[C@@H](Nc1cccc(Cl)c1)c1ncc(N(C=O)[C@@H](CC2CCCC2)C(=O)NC2CC2)s1. The van der Waals surface area contributed by atoms with Gasteiger partial charge in [0.1, 0.15) is 16.1 Å². The quantitative estimate of drug-likeness (QED) is 0.480. The number of anilines is 2. The summed E-state index contributed by atoms with van der Waals surface area (Å²) in [5.41, 5.74) is 0.909. The molecule has 2 aliphatic carbocycles. The molecule has 1 aromatic carbocycles. The van der Waals surface area contributed by atoms with Gasteiger partial charge < -0.3 is 10.6 Å². The van der Waals surface area contributed by atoms with Gasteiger partial charge in [-0.05, 0) is 50.3 Å². The summed E-state index contributed by atoms with van der Waals surface area (Å²) in [6.07, 6.45) is 9.94. The Labute approximate surface area is 192 Å². The lowest BCUT2D eigenvalue weighted by molar-refractivity contribution is -0.124. The summed E-state index contributed by atoms with van der Waals surface area (Å²) in [5.74, 6) is 0.453. The predicted molar refractivity (Wildman–Crippen MR) is 126 cm³/mol. The van der Waals surface area contributed by atoms with Crippen molar-refractivity contribution in [2.75, 3.05) is 10.2 Å². The summed E-state index contributed by atoms with van der Waals surface area (Å²) in [6.45, 7) is 2.02. The van der Waals surface area contributed by atoms with Gasteiger partial charge in [-0.1, -0.05) is 54.7 Å². The second-order valence-corrected chi connectivity index (χ2v) is 10.1. The fourth-order valence-electron chi connectivity index (χ4n) is 4.20. The highest BCUT2D eigenvalue weighted by Crippen LogP contribution is 2.34. The van der Waals surface area contributed by atoms with E-state index in [-0.39, 0.29) is 18.0 Å². The van der Waals surface area contributed by atoms with Gasteiger partial charge in [0, 0.05) is 16.8 Å². The van der Waals surface area contributed by atoms with Crippen LogP contribution in [0, 0.1) is 5.92 Å². The Morgan fingerprint density at radius 2 is 2.10 bits per heavy atom. The number of carbonyl (C=O) groups excluding carboxylic acids is 2. The van der Waals surface area contributed by atoms with Crippen LogP contribution >= 0.6 is 22.9 Å². The van der Waals surface area contributed by atoms with Gasteiger partial charge in [0.25, 0.3) is 0 Å². The van der Waals surface area contributed by atoms with Crippen LogP contribution < -0.4 is 15.5 Å². The van der Waals surface area contributed by atoms with Gasteiger partial charge in [0.15, 0.2) is 0 Å². The highest BCUT2D eigenvalue weighted by molar-refractivity contribution is 7.16. The number of nitrogens with one attached hydrogen (secondary N) is 2. The highest BCUT2D eigenvalue weighted by Gasteiger charge is 2.34. The van der Waals surface area contributed by atoms with Gasteiger partial charge >= 0.3 is 0 Å². The van der Waals surface area contributed by atoms with Gasteiger partial charge in [-0.2, -0.15) is 0 Å². The summed E-state index contributed by atoms with van der Waals surface area (Å²) in [6, 6.07) is 7.28. The van der Waals surface area contributed by atoms with Crippen LogP contribution in [-0.2, 0) is 9.59 Å². The predicted octanol–water partition coefficient (Wildman–Crippen LogP) is 5.16. The molecule has 0 saturated heterocycles. The summed E-state index contributed by atoms with van der Waals surface area (Å²) < 4.78 is 0. The molecule has 0 aliphatic heterocycles. The number of rotatable bonds is 10. The van der Waals surface area contributed by atoms with Crippen LogP contribution in [0.4, 0.5) is 10.7 Å². The van der Waals surface area contributed by atoms with E-state index in [0.717, 1.165) is 42.8 Å². The fraction of sp³-hybridized carbons (Fsp3) is 0.522. The fourth-order valence-corrected chi connectivity index (χ4v) is 5.33. The van der Waals surface area contributed by atoms with Gasteiger partial charge in [-0.15, -0.1) is 0 Å². The van der Waals surface area contributed by atoms with Crippen molar-refractivity contribution in [3.8, 4) is 0 Å². The molecule has 1 aromatic heterocycles. The molecule has 2 aliphatic rings. The minimum atomic E-state index is -0.481. The zero-order chi connectivity index (χ0) is 21.8. The summed E-state index contributed by atoms with van der Waals surface area (Å²) in [4.78, 5) is 31.3. The average molecular weight is 461 g/mol. The minimum Gasteiger partial charge on any atom is -0.376 e. The first-order valence-electron chi connectivity index (χ1n) is 11.1. The van der Waals surface area contributed by atoms with Gasteiger partial charge in [0.05, 0.1) is 12.2 Å². The molecular weight excluding hydrogens is 432 g/mol. The number of carbonyl (C=O) groups is 2. The molecule has 2 N–H and O–H groups in total. The van der Waals surface area contributed by atoms with E-state index in [1.54, 1.807) is 11.1 Å². The molecule has 6 nitrogen and oxygen atoms in total. The molecule has 8 heteroatoms. The van der Waals surface area contributed by atoms with Crippen molar-refractivity contribution in [2.24, 2.45) is 5.92 Å². The number of benzene rings is 1. The van der Waals surface area contributed by atoms with E-state index in [1.807, 2.05) is 31.2 Å². The number of hydrogen-bond donors (Lipinski definition) is 2. The summed E-state index contributed by atoms with van der Waals surface area (Å²) >= 11 is 7.52. The first kappa shape index (κ1) is 22.1. The minimum absolute atomic E-state index is 0.0402. The lowest BCUT2D eigenvalue weighted by atomic mass is 9.97. The number of nitrogens with zero attached hydrogens (tertiary/aromatic N) is 2. The van der Waals surface area contributed by atoms with Crippen molar-refractivity contribution in [1.82, 2.24) is 10.3 Å². The molecule has 0 unspecified atom stereocenters. The molecule has 2 fully saturated rings. The van der Waals surface area contributed by atoms with Crippen molar-refractivity contribution in [2.45, 2.75) is 70.0 Å². The Kier molecular flexibility index (Phi) is 7.13. The Morgan fingerprint density at radius 3 is 2.77 bits per heavy atom. The van der Waals surface area contributed by atoms with E-state index in [1.165, 1.54) is 24.2 Å². The third kappa shape index (κ3) is 5.77. The largest absolute Gasteiger partial charge is 0.376 e. The number of hydrogen-bond acceptors (Lipinski definition) is 5. The van der Waals surface area contributed by atoms with Crippen molar-refractivity contribution >= 4 is 45.9 Å². The second kappa shape index (κ2) is 10.0. The Hall–Kier alpha value is -2.12.